The molecule has 0 unspecified atom stereocenters. The van der Waals surface area contributed by atoms with E-state index in [4.69, 9.17) is 22.1 Å². The summed E-state index contributed by atoms with van der Waals surface area (Å²) in [6, 6.07) is 9.24. The van der Waals surface area contributed by atoms with Crippen molar-refractivity contribution in [3.05, 3.63) is 45.9 Å². The molecule has 2 aromatic carbocycles. The Balaban J connectivity index is 2.47. The van der Waals surface area contributed by atoms with Crippen LogP contribution in [0.25, 0.3) is 0 Å². The molecule has 0 amide bonds. The van der Waals surface area contributed by atoms with Gasteiger partial charge in [-0.3, -0.25) is 4.72 Å². The van der Waals surface area contributed by atoms with Crippen molar-refractivity contribution < 1.29 is 13.2 Å². The zero-order valence-corrected chi connectivity index (χ0v) is 14.1. The summed E-state index contributed by atoms with van der Waals surface area (Å²) >= 11 is 9.11. The van der Waals surface area contributed by atoms with E-state index in [0.29, 0.717) is 15.9 Å². The lowest BCUT2D eigenvalue weighted by Crippen LogP contribution is -2.15. The van der Waals surface area contributed by atoms with Crippen LogP contribution in [0, 0.1) is 0 Å². The number of anilines is 2. The number of nitrogens with two attached hydrogens (primary N) is 1. The molecule has 0 radical (unpaired) electrons. The van der Waals surface area contributed by atoms with E-state index in [-0.39, 0.29) is 15.6 Å². The highest BCUT2D eigenvalue weighted by atomic mass is 79.9. The van der Waals surface area contributed by atoms with Crippen LogP contribution in [0.2, 0.25) is 5.02 Å². The molecular weight excluding hydrogens is 380 g/mol. The zero-order chi connectivity index (χ0) is 15.6. The monoisotopic (exact) mass is 390 g/mol. The Bertz CT molecular complexity index is 781. The van der Waals surface area contributed by atoms with Gasteiger partial charge >= 0.3 is 0 Å². The molecule has 0 fully saturated rings. The maximum absolute atomic E-state index is 12.4. The first-order valence-electron chi connectivity index (χ1n) is 5.75. The first-order chi connectivity index (χ1) is 9.83. The third-order valence-electron chi connectivity index (χ3n) is 2.67. The van der Waals surface area contributed by atoms with Crippen LogP contribution in [0.15, 0.2) is 45.8 Å². The number of methoxy groups -OCH3 is 1. The number of rotatable bonds is 4. The molecule has 0 spiro atoms. The van der Waals surface area contributed by atoms with E-state index in [1.165, 1.54) is 25.3 Å². The van der Waals surface area contributed by atoms with Gasteiger partial charge in [-0.05, 0) is 36.4 Å². The van der Waals surface area contributed by atoms with E-state index >= 15 is 0 Å². The Morgan fingerprint density at radius 2 is 1.95 bits per heavy atom. The topological polar surface area (TPSA) is 81.4 Å². The summed E-state index contributed by atoms with van der Waals surface area (Å²) in [4.78, 5) is -0.0861. The second-order valence-electron chi connectivity index (χ2n) is 4.13. The summed E-state index contributed by atoms with van der Waals surface area (Å²) in [5, 5.41) is 0.283. The summed E-state index contributed by atoms with van der Waals surface area (Å²) in [5.41, 5.74) is 6.12. The maximum atomic E-state index is 12.4. The molecule has 0 bridgehead atoms. The van der Waals surface area contributed by atoms with Crippen molar-refractivity contribution in [1.82, 2.24) is 0 Å². The Labute approximate surface area is 136 Å². The predicted octanol–water partition coefficient (Wildman–Crippen LogP) is 3.49. The molecule has 21 heavy (non-hydrogen) atoms. The average Bonchev–Trinajstić information content (AvgIpc) is 2.41. The summed E-state index contributed by atoms with van der Waals surface area (Å²) < 4.78 is 33.1. The lowest BCUT2D eigenvalue weighted by atomic mass is 10.3. The highest BCUT2D eigenvalue weighted by Gasteiger charge is 2.20. The van der Waals surface area contributed by atoms with E-state index in [2.05, 4.69) is 20.7 Å². The Hall–Kier alpha value is -1.44. The minimum absolute atomic E-state index is 0.0861. The second-order valence-corrected chi connectivity index (χ2v) is 7.14. The van der Waals surface area contributed by atoms with E-state index in [0.717, 1.165) is 0 Å². The van der Waals surface area contributed by atoms with Crippen molar-refractivity contribution in [2.75, 3.05) is 17.6 Å². The summed E-state index contributed by atoms with van der Waals surface area (Å²) in [6.07, 6.45) is 0. The molecule has 0 saturated heterocycles. The molecule has 2 aromatic rings. The Kier molecular flexibility index (Phi) is 4.65. The molecule has 0 aliphatic rings. The lowest BCUT2D eigenvalue weighted by molar-refractivity contribution is 0.417. The van der Waals surface area contributed by atoms with Crippen molar-refractivity contribution in [3.8, 4) is 5.75 Å². The molecule has 112 valence electrons. The number of nitrogen functional groups attached to an aromatic ring is 1. The number of halogens is 2. The molecule has 0 aromatic heterocycles. The lowest BCUT2D eigenvalue weighted by Gasteiger charge is -2.13. The van der Waals surface area contributed by atoms with Crippen molar-refractivity contribution in [2.24, 2.45) is 0 Å². The molecule has 0 heterocycles. The van der Waals surface area contributed by atoms with Crippen molar-refractivity contribution >= 4 is 48.9 Å². The van der Waals surface area contributed by atoms with Gasteiger partial charge in [0.15, 0.2) is 0 Å². The van der Waals surface area contributed by atoms with Gasteiger partial charge in [0.2, 0.25) is 0 Å². The molecule has 3 N–H and O–H groups in total. The van der Waals surface area contributed by atoms with Crippen molar-refractivity contribution in [2.45, 2.75) is 4.90 Å². The van der Waals surface area contributed by atoms with E-state index in [1.54, 1.807) is 18.2 Å². The molecule has 2 rings (SSSR count). The van der Waals surface area contributed by atoms with Crippen LogP contribution in [-0.4, -0.2) is 15.5 Å². The molecule has 0 saturated carbocycles. The first-order valence-corrected chi connectivity index (χ1v) is 8.40. The first kappa shape index (κ1) is 15.9. The quantitative estimate of drug-likeness (QED) is 0.782. The third kappa shape index (κ3) is 3.61. The highest BCUT2D eigenvalue weighted by molar-refractivity contribution is 9.10. The number of hydrogen-bond donors (Lipinski definition) is 2. The summed E-state index contributed by atoms with van der Waals surface area (Å²) in [6.45, 7) is 0. The van der Waals surface area contributed by atoms with E-state index in [9.17, 15) is 8.42 Å². The van der Waals surface area contributed by atoms with Gasteiger partial charge in [0.25, 0.3) is 10.0 Å². The second kappa shape index (κ2) is 6.13. The third-order valence-corrected chi connectivity index (χ3v) is 4.82. The van der Waals surface area contributed by atoms with Gasteiger partial charge in [-0.15, -0.1) is 0 Å². The van der Waals surface area contributed by atoms with Crippen LogP contribution >= 0.6 is 27.5 Å². The van der Waals surface area contributed by atoms with Crippen LogP contribution in [0.5, 0.6) is 5.75 Å². The van der Waals surface area contributed by atoms with Crippen LogP contribution < -0.4 is 15.2 Å². The Morgan fingerprint density at radius 3 is 2.62 bits per heavy atom. The molecule has 0 aliphatic carbocycles. The smallest absolute Gasteiger partial charge is 0.264 e. The number of ether oxygens (including phenoxy) is 1. The van der Waals surface area contributed by atoms with Crippen LogP contribution in [0.4, 0.5) is 11.4 Å². The number of sulfonamides is 1. The SMILES string of the molecule is COc1ccc(Br)cc1NS(=O)(=O)c1cc(Cl)ccc1N. The standard InChI is InChI=1S/C13H12BrClN2O3S/c1-20-12-5-2-8(14)6-11(12)17-21(18,19)13-7-9(15)3-4-10(13)16/h2-7,17H,16H2,1H3. The summed E-state index contributed by atoms with van der Waals surface area (Å²) in [5.74, 6) is 0.391. The minimum Gasteiger partial charge on any atom is -0.495 e. The average molecular weight is 392 g/mol. The van der Waals surface area contributed by atoms with Crippen LogP contribution in [0.1, 0.15) is 0 Å². The number of nitrogens with one attached hydrogen (secondary N) is 1. The zero-order valence-electron chi connectivity index (χ0n) is 10.9. The molecule has 5 nitrogen and oxygen atoms in total. The predicted molar refractivity (Wildman–Crippen MR) is 87.4 cm³/mol. The molecule has 8 heteroatoms. The minimum atomic E-state index is -3.88. The number of hydrogen-bond acceptors (Lipinski definition) is 4. The van der Waals surface area contributed by atoms with Gasteiger partial charge in [0, 0.05) is 9.50 Å². The normalized spacial score (nSPS) is 11.2. The van der Waals surface area contributed by atoms with Crippen molar-refractivity contribution in [3.63, 3.8) is 0 Å². The fourth-order valence-corrected chi connectivity index (χ4v) is 3.52. The van der Waals surface area contributed by atoms with E-state index in [1.807, 2.05) is 0 Å². The van der Waals surface area contributed by atoms with Gasteiger partial charge in [0.1, 0.15) is 10.6 Å². The molecule has 0 aliphatic heterocycles. The fraction of sp³-hybridized carbons (Fsp3) is 0.0769. The maximum Gasteiger partial charge on any atom is 0.264 e. The summed E-state index contributed by atoms with van der Waals surface area (Å²) in [7, 11) is -2.42. The highest BCUT2D eigenvalue weighted by Crippen LogP contribution is 2.31. The van der Waals surface area contributed by atoms with Crippen molar-refractivity contribution in [1.29, 1.82) is 0 Å². The Morgan fingerprint density at radius 1 is 1.24 bits per heavy atom. The fourth-order valence-electron chi connectivity index (χ4n) is 1.70. The van der Waals surface area contributed by atoms with Gasteiger partial charge in [-0.1, -0.05) is 27.5 Å². The van der Waals surface area contributed by atoms with Gasteiger partial charge < -0.3 is 10.5 Å². The van der Waals surface area contributed by atoms with Crippen LogP contribution in [0.3, 0.4) is 0 Å². The van der Waals surface area contributed by atoms with Gasteiger partial charge in [-0.2, -0.15) is 0 Å². The molecular formula is C13H12BrClN2O3S. The van der Waals surface area contributed by atoms with Gasteiger partial charge in [0.05, 0.1) is 18.5 Å². The number of benzene rings is 2. The van der Waals surface area contributed by atoms with Gasteiger partial charge in [-0.25, -0.2) is 8.42 Å². The largest absolute Gasteiger partial charge is 0.495 e. The van der Waals surface area contributed by atoms with Crippen LogP contribution in [-0.2, 0) is 10.0 Å². The van der Waals surface area contributed by atoms with E-state index < -0.39 is 10.0 Å². The molecule has 0 atom stereocenters.